The summed E-state index contributed by atoms with van der Waals surface area (Å²) in [4.78, 5) is 13.6. The molecule has 1 saturated heterocycles. The Bertz CT molecular complexity index is 875. The highest BCUT2D eigenvalue weighted by Gasteiger charge is 2.33. The molecule has 2 aromatic rings. The Labute approximate surface area is 150 Å². The number of cyclic esters (lactones) is 1. The molecule has 0 spiro atoms. The number of carbonyl (C=O) groups is 1. The molecule has 1 aliphatic heterocycles. The van der Waals surface area contributed by atoms with Crippen LogP contribution < -0.4 is 9.62 Å². The van der Waals surface area contributed by atoms with Gasteiger partial charge in [0.05, 0.1) is 17.9 Å². The zero-order valence-electron chi connectivity index (χ0n) is 13.6. The third-order valence-electron chi connectivity index (χ3n) is 3.84. The van der Waals surface area contributed by atoms with Gasteiger partial charge >= 0.3 is 6.09 Å². The van der Waals surface area contributed by atoms with Crippen molar-refractivity contribution in [1.29, 1.82) is 0 Å². The first-order valence-electron chi connectivity index (χ1n) is 7.53. The van der Waals surface area contributed by atoms with E-state index in [4.69, 9.17) is 16.3 Å². The molecule has 0 aliphatic carbocycles. The van der Waals surface area contributed by atoms with Crippen molar-refractivity contribution in [3.63, 3.8) is 0 Å². The number of aryl methyl sites for hydroxylation is 2. The zero-order valence-corrected chi connectivity index (χ0v) is 15.2. The van der Waals surface area contributed by atoms with E-state index < -0.39 is 22.2 Å². The normalized spacial score (nSPS) is 17.8. The van der Waals surface area contributed by atoms with Crippen LogP contribution in [0.5, 0.6) is 0 Å². The summed E-state index contributed by atoms with van der Waals surface area (Å²) in [6, 6.07) is 6.75. The molecule has 134 valence electrons. The zero-order chi connectivity index (χ0) is 18.2. The lowest BCUT2D eigenvalue weighted by atomic mass is 10.3. The number of hydrogen-bond donors (Lipinski definition) is 2. The molecule has 25 heavy (non-hydrogen) atoms. The van der Waals surface area contributed by atoms with Crippen LogP contribution in [0.1, 0.15) is 11.4 Å². The highest BCUT2D eigenvalue weighted by molar-refractivity contribution is 7.89. The summed E-state index contributed by atoms with van der Waals surface area (Å²) >= 11 is 5.84. The predicted molar refractivity (Wildman–Crippen MR) is 92.3 cm³/mol. The number of rotatable bonds is 5. The number of nitrogens with one attached hydrogen (secondary N) is 2. The van der Waals surface area contributed by atoms with Gasteiger partial charge in [-0.3, -0.25) is 10.00 Å². The Morgan fingerprint density at radius 2 is 2.04 bits per heavy atom. The second-order valence-electron chi connectivity index (χ2n) is 5.71. The fraction of sp³-hybridized carbons (Fsp3) is 0.333. The SMILES string of the molecule is Cc1n[nH]c(C)c1S(=O)(=O)NCC1CN(c2ccc(Cl)cc2)C(=O)O1. The number of benzene rings is 1. The molecule has 1 aliphatic rings. The summed E-state index contributed by atoms with van der Waals surface area (Å²) < 4.78 is 32.6. The van der Waals surface area contributed by atoms with E-state index in [0.29, 0.717) is 22.1 Å². The quantitative estimate of drug-likeness (QED) is 0.820. The first kappa shape index (κ1) is 17.7. The number of amides is 1. The first-order chi connectivity index (χ1) is 11.8. The van der Waals surface area contributed by atoms with Gasteiger partial charge in [-0.1, -0.05) is 11.6 Å². The van der Waals surface area contributed by atoms with Gasteiger partial charge in [-0.15, -0.1) is 0 Å². The van der Waals surface area contributed by atoms with Crippen LogP contribution in [0.25, 0.3) is 0 Å². The van der Waals surface area contributed by atoms with Crippen LogP contribution in [0.15, 0.2) is 29.2 Å². The first-order valence-corrected chi connectivity index (χ1v) is 9.39. The lowest BCUT2D eigenvalue weighted by molar-refractivity contribution is 0.143. The number of H-pyrrole nitrogens is 1. The van der Waals surface area contributed by atoms with E-state index in [1.165, 1.54) is 4.90 Å². The maximum Gasteiger partial charge on any atom is 0.414 e. The van der Waals surface area contributed by atoms with E-state index >= 15 is 0 Å². The van der Waals surface area contributed by atoms with E-state index in [1.54, 1.807) is 38.1 Å². The van der Waals surface area contributed by atoms with Crippen molar-refractivity contribution in [2.24, 2.45) is 0 Å². The summed E-state index contributed by atoms with van der Waals surface area (Å²) in [7, 11) is -3.74. The van der Waals surface area contributed by atoms with Gasteiger partial charge in [0.1, 0.15) is 11.0 Å². The lowest BCUT2D eigenvalue weighted by Gasteiger charge is -2.13. The molecule has 8 nitrogen and oxygen atoms in total. The average molecular weight is 385 g/mol. The predicted octanol–water partition coefficient (Wildman–Crippen LogP) is 1.98. The van der Waals surface area contributed by atoms with Crippen molar-refractivity contribution in [2.45, 2.75) is 24.8 Å². The number of carbonyl (C=O) groups excluding carboxylic acids is 1. The van der Waals surface area contributed by atoms with Gasteiger partial charge in [-0.2, -0.15) is 5.10 Å². The number of sulfonamides is 1. The van der Waals surface area contributed by atoms with Gasteiger partial charge in [0.25, 0.3) is 0 Å². The monoisotopic (exact) mass is 384 g/mol. The molecule has 0 radical (unpaired) electrons. The van der Waals surface area contributed by atoms with Gasteiger partial charge < -0.3 is 4.74 Å². The second-order valence-corrected chi connectivity index (χ2v) is 7.85. The molecular weight excluding hydrogens is 368 g/mol. The molecular formula is C15H17ClN4O4S. The van der Waals surface area contributed by atoms with Crippen LogP contribution in [0.4, 0.5) is 10.5 Å². The highest BCUT2D eigenvalue weighted by atomic mass is 35.5. The van der Waals surface area contributed by atoms with Crippen molar-refractivity contribution in [3.8, 4) is 0 Å². The fourth-order valence-corrected chi connectivity index (χ4v) is 4.23. The second kappa shape index (κ2) is 6.66. The average Bonchev–Trinajstić information content (AvgIpc) is 3.09. The lowest BCUT2D eigenvalue weighted by Crippen LogP contribution is -2.35. The Morgan fingerprint density at radius 3 is 2.64 bits per heavy atom. The molecule has 2 N–H and O–H groups in total. The van der Waals surface area contributed by atoms with E-state index in [2.05, 4.69) is 14.9 Å². The van der Waals surface area contributed by atoms with Crippen molar-refractivity contribution < 1.29 is 17.9 Å². The molecule has 0 saturated carbocycles. The van der Waals surface area contributed by atoms with Crippen LogP contribution in [0, 0.1) is 13.8 Å². The van der Waals surface area contributed by atoms with Crippen LogP contribution >= 0.6 is 11.6 Å². The Hall–Kier alpha value is -2.10. The van der Waals surface area contributed by atoms with E-state index in [1.807, 2.05) is 0 Å². The van der Waals surface area contributed by atoms with Crippen LogP contribution in [-0.2, 0) is 14.8 Å². The minimum Gasteiger partial charge on any atom is -0.443 e. The molecule has 1 fully saturated rings. The summed E-state index contributed by atoms with van der Waals surface area (Å²) in [6.07, 6.45) is -1.12. The molecule has 10 heteroatoms. The standard InChI is InChI=1S/C15H17ClN4O4S/c1-9-14(10(2)19-18-9)25(22,23)17-7-13-8-20(15(21)24-13)12-5-3-11(16)4-6-12/h3-6,13,17H,7-8H2,1-2H3,(H,18,19). The van der Waals surface area contributed by atoms with Crippen molar-refractivity contribution in [1.82, 2.24) is 14.9 Å². The van der Waals surface area contributed by atoms with Gasteiger partial charge in [-0.05, 0) is 38.1 Å². The van der Waals surface area contributed by atoms with Gasteiger partial charge in [0.2, 0.25) is 10.0 Å². The molecule has 1 amide bonds. The summed E-state index contributed by atoms with van der Waals surface area (Å²) in [5, 5.41) is 7.08. The molecule has 2 heterocycles. The maximum absolute atomic E-state index is 12.4. The number of hydrogen-bond acceptors (Lipinski definition) is 5. The summed E-state index contributed by atoms with van der Waals surface area (Å²) in [5.41, 5.74) is 1.48. The van der Waals surface area contributed by atoms with E-state index in [0.717, 1.165) is 0 Å². The Kier molecular flexibility index (Phi) is 4.72. The number of aromatic amines is 1. The Morgan fingerprint density at radius 1 is 1.36 bits per heavy atom. The fourth-order valence-electron chi connectivity index (χ4n) is 2.67. The smallest absolute Gasteiger partial charge is 0.414 e. The third-order valence-corrected chi connectivity index (χ3v) is 5.78. The van der Waals surface area contributed by atoms with Crippen molar-refractivity contribution in [2.75, 3.05) is 18.0 Å². The molecule has 1 aromatic carbocycles. The van der Waals surface area contributed by atoms with Gasteiger partial charge in [-0.25, -0.2) is 17.9 Å². The molecule has 1 atom stereocenters. The number of nitrogens with zero attached hydrogens (tertiary/aromatic N) is 2. The number of halogens is 1. The minimum absolute atomic E-state index is 0.0256. The third kappa shape index (κ3) is 3.63. The number of ether oxygens (including phenoxy) is 1. The summed E-state index contributed by atoms with van der Waals surface area (Å²) in [6.45, 7) is 3.46. The molecule has 3 rings (SSSR count). The van der Waals surface area contributed by atoms with Gasteiger partial charge in [0, 0.05) is 17.3 Å². The topological polar surface area (TPSA) is 104 Å². The number of anilines is 1. The van der Waals surface area contributed by atoms with Crippen LogP contribution in [-0.4, -0.2) is 43.9 Å². The minimum atomic E-state index is -3.74. The van der Waals surface area contributed by atoms with Crippen molar-refractivity contribution >= 4 is 33.4 Å². The van der Waals surface area contributed by atoms with E-state index in [-0.39, 0.29) is 18.0 Å². The summed E-state index contributed by atoms with van der Waals surface area (Å²) in [5.74, 6) is 0. The van der Waals surface area contributed by atoms with Crippen molar-refractivity contribution in [3.05, 3.63) is 40.7 Å². The highest BCUT2D eigenvalue weighted by Crippen LogP contribution is 2.23. The maximum atomic E-state index is 12.4. The molecule has 1 unspecified atom stereocenters. The van der Waals surface area contributed by atoms with Gasteiger partial charge in [0.15, 0.2) is 0 Å². The van der Waals surface area contributed by atoms with Crippen LogP contribution in [0.2, 0.25) is 5.02 Å². The number of aromatic nitrogens is 2. The Balaban J connectivity index is 1.67. The van der Waals surface area contributed by atoms with Crippen LogP contribution in [0.3, 0.4) is 0 Å². The van der Waals surface area contributed by atoms with E-state index in [9.17, 15) is 13.2 Å². The molecule has 1 aromatic heterocycles. The largest absolute Gasteiger partial charge is 0.443 e. The molecule has 0 bridgehead atoms.